The lowest BCUT2D eigenvalue weighted by Gasteiger charge is -2.24. The molecule has 0 spiro atoms. The zero-order valence-electron chi connectivity index (χ0n) is 18.3. The van der Waals surface area contributed by atoms with Gasteiger partial charge >= 0.3 is 0 Å². The van der Waals surface area contributed by atoms with E-state index in [1.54, 1.807) is 25.2 Å². The molecule has 2 aromatic rings. The van der Waals surface area contributed by atoms with Crippen LogP contribution in [0.15, 0.2) is 64.5 Å². The van der Waals surface area contributed by atoms with Crippen LogP contribution in [0, 0.1) is 0 Å². The van der Waals surface area contributed by atoms with Crippen LogP contribution >= 0.6 is 0 Å². The summed E-state index contributed by atoms with van der Waals surface area (Å²) in [6.07, 6.45) is 0. The van der Waals surface area contributed by atoms with E-state index in [1.165, 1.54) is 0 Å². The number of guanidine groups is 1. The average Bonchev–Trinajstić information content (AvgIpc) is 2.68. The number of hydrogen-bond acceptors (Lipinski definition) is 4. The fourth-order valence-electron chi connectivity index (χ4n) is 2.85. The molecule has 0 aliphatic rings. The van der Waals surface area contributed by atoms with E-state index in [9.17, 15) is 8.42 Å². The Bertz CT molecular complexity index is 938. The van der Waals surface area contributed by atoms with Gasteiger partial charge in [-0.05, 0) is 44.5 Å². The molecule has 2 N–H and O–H groups in total. The first kappa shape index (κ1) is 23.7. The Morgan fingerprint density at radius 1 is 1.07 bits per heavy atom. The Labute approximate surface area is 180 Å². The van der Waals surface area contributed by atoms with Crippen molar-refractivity contribution < 1.29 is 13.2 Å². The molecule has 0 amide bonds. The summed E-state index contributed by atoms with van der Waals surface area (Å²) < 4.78 is 34.0. The number of hydrogen-bond donors (Lipinski definition) is 2. The fraction of sp³-hybridized carbons (Fsp3) is 0.409. The molecular weight excluding hydrogens is 400 g/mol. The second kappa shape index (κ2) is 10.4. The Balaban J connectivity index is 1.99. The summed E-state index contributed by atoms with van der Waals surface area (Å²) in [5.41, 5.74) is 0.110. The van der Waals surface area contributed by atoms with Crippen molar-refractivity contribution in [3.05, 3.63) is 60.2 Å². The molecule has 164 valence electrons. The molecule has 0 aliphatic carbocycles. The van der Waals surface area contributed by atoms with Crippen molar-refractivity contribution in [1.82, 2.24) is 14.9 Å². The Morgan fingerprint density at radius 3 is 2.33 bits per heavy atom. The van der Waals surface area contributed by atoms with Crippen molar-refractivity contribution in [1.29, 1.82) is 0 Å². The monoisotopic (exact) mass is 432 g/mol. The summed E-state index contributed by atoms with van der Waals surface area (Å²) in [6, 6.07) is 16.6. The minimum absolute atomic E-state index is 0.262. The molecule has 8 heteroatoms. The fourth-order valence-corrected chi connectivity index (χ4v) is 4.51. The Kier molecular flexibility index (Phi) is 8.25. The number of benzene rings is 2. The predicted molar refractivity (Wildman–Crippen MR) is 121 cm³/mol. The van der Waals surface area contributed by atoms with E-state index in [-0.39, 0.29) is 4.90 Å². The molecule has 0 saturated carbocycles. The molecule has 30 heavy (non-hydrogen) atoms. The van der Waals surface area contributed by atoms with Gasteiger partial charge < -0.3 is 15.0 Å². The van der Waals surface area contributed by atoms with E-state index in [0.717, 1.165) is 5.75 Å². The molecule has 7 nitrogen and oxygen atoms in total. The summed E-state index contributed by atoms with van der Waals surface area (Å²) in [5.74, 6) is 1.47. The summed E-state index contributed by atoms with van der Waals surface area (Å²) in [7, 11) is -0.0265. The number of aliphatic imine (C=N–C) groups is 1. The second-order valence-electron chi connectivity index (χ2n) is 7.95. The van der Waals surface area contributed by atoms with Crippen LogP contribution in [-0.2, 0) is 16.6 Å². The highest BCUT2D eigenvalue weighted by atomic mass is 32.2. The third-order valence-corrected chi connectivity index (χ3v) is 6.01. The first-order valence-electron chi connectivity index (χ1n) is 9.84. The van der Waals surface area contributed by atoms with Crippen molar-refractivity contribution in [3.63, 3.8) is 0 Å². The number of rotatable bonds is 8. The quantitative estimate of drug-likeness (QED) is 0.495. The molecule has 0 atom stereocenters. The van der Waals surface area contributed by atoms with Gasteiger partial charge in [0.2, 0.25) is 10.0 Å². The summed E-state index contributed by atoms with van der Waals surface area (Å²) in [4.78, 5) is 6.49. The van der Waals surface area contributed by atoms with Crippen LogP contribution in [0.1, 0.15) is 26.3 Å². The van der Waals surface area contributed by atoms with Crippen molar-refractivity contribution in [3.8, 4) is 5.75 Å². The molecule has 2 rings (SSSR count). The van der Waals surface area contributed by atoms with Gasteiger partial charge in [0.25, 0.3) is 0 Å². The van der Waals surface area contributed by atoms with Gasteiger partial charge in [0.1, 0.15) is 12.4 Å². The SMILES string of the molecule is CN=C(NCc1ccccc1S(=O)(=O)NC(C)(C)C)N(C)CCOc1ccccc1. The van der Waals surface area contributed by atoms with Crippen LogP contribution in [0.3, 0.4) is 0 Å². The smallest absolute Gasteiger partial charge is 0.241 e. The average molecular weight is 433 g/mol. The molecule has 0 fully saturated rings. The molecule has 0 radical (unpaired) electrons. The second-order valence-corrected chi connectivity index (χ2v) is 9.60. The standard InChI is InChI=1S/C22H32N4O3S/c1-22(2,3)25-30(27,28)20-14-10-9-11-18(20)17-24-21(23-4)26(5)15-16-29-19-12-7-6-8-13-19/h6-14,25H,15-17H2,1-5H3,(H,23,24). The number of nitrogens with zero attached hydrogens (tertiary/aromatic N) is 2. The lowest BCUT2D eigenvalue weighted by atomic mass is 10.1. The maximum Gasteiger partial charge on any atom is 0.241 e. The highest BCUT2D eigenvalue weighted by Crippen LogP contribution is 2.18. The molecule has 2 aromatic carbocycles. The normalized spacial score (nSPS) is 12.5. The van der Waals surface area contributed by atoms with E-state index in [4.69, 9.17) is 4.74 Å². The first-order chi connectivity index (χ1) is 14.1. The number of nitrogens with one attached hydrogen (secondary N) is 2. The van der Waals surface area contributed by atoms with Crippen LogP contribution in [0.2, 0.25) is 0 Å². The Morgan fingerprint density at radius 2 is 1.70 bits per heavy atom. The van der Waals surface area contributed by atoms with Gasteiger partial charge in [-0.1, -0.05) is 36.4 Å². The van der Waals surface area contributed by atoms with Crippen LogP contribution in [0.25, 0.3) is 0 Å². The van der Waals surface area contributed by atoms with Gasteiger partial charge in [-0.25, -0.2) is 13.1 Å². The molecule has 0 bridgehead atoms. The summed E-state index contributed by atoms with van der Waals surface area (Å²) in [6.45, 7) is 6.92. The van der Waals surface area contributed by atoms with Crippen LogP contribution in [-0.4, -0.2) is 52.1 Å². The van der Waals surface area contributed by atoms with Crippen molar-refractivity contribution >= 4 is 16.0 Å². The number of likely N-dealkylation sites (N-methyl/N-ethyl adjacent to an activating group) is 1. The highest BCUT2D eigenvalue weighted by molar-refractivity contribution is 7.89. The van der Waals surface area contributed by atoms with Crippen LogP contribution in [0.4, 0.5) is 0 Å². The van der Waals surface area contributed by atoms with E-state index < -0.39 is 15.6 Å². The molecular formula is C22H32N4O3S. The van der Waals surface area contributed by atoms with Crippen molar-refractivity contribution in [2.24, 2.45) is 4.99 Å². The maximum absolute atomic E-state index is 12.8. The van der Waals surface area contributed by atoms with E-state index in [1.807, 2.05) is 69.1 Å². The van der Waals surface area contributed by atoms with Gasteiger partial charge in [-0.3, -0.25) is 4.99 Å². The molecule has 0 unspecified atom stereocenters. The molecule has 0 heterocycles. The van der Waals surface area contributed by atoms with Gasteiger partial charge in [-0.2, -0.15) is 0 Å². The zero-order valence-corrected chi connectivity index (χ0v) is 19.2. The van der Waals surface area contributed by atoms with Crippen LogP contribution < -0.4 is 14.8 Å². The van der Waals surface area contributed by atoms with Gasteiger partial charge in [0.15, 0.2) is 5.96 Å². The summed E-state index contributed by atoms with van der Waals surface area (Å²) >= 11 is 0. The Hall–Kier alpha value is -2.58. The third kappa shape index (κ3) is 7.35. The van der Waals surface area contributed by atoms with Gasteiger partial charge in [0.05, 0.1) is 11.4 Å². The topological polar surface area (TPSA) is 83.0 Å². The molecule has 0 saturated heterocycles. The minimum Gasteiger partial charge on any atom is -0.492 e. The maximum atomic E-state index is 12.8. The minimum atomic E-state index is -3.63. The summed E-state index contributed by atoms with van der Waals surface area (Å²) in [5, 5.41) is 3.24. The van der Waals surface area contributed by atoms with E-state index in [2.05, 4.69) is 15.0 Å². The zero-order chi connectivity index (χ0) is 22.2. The predicted octanol–water partition coefficient (Wildman–Crippen LogP) is 2.85. The highest BCUT2D eigenvalue weighted by Gasteiger charge is 2.24. The number of para-hydroxylation sites is 1. The number of ether oxygens (including phenoxy) is 1. The lowest BCUT2D eigenvalue weighted by molar-refractivity contribution is 0.281. The van der Waals surface area contributed by atoms with E-state index in [0.29, 0.717) is 31.2 Å². The van der Waals surface area contributed by atoms with E-state index >= 15 is 0 Å². The number of sulfonamides is 1. The molecule has 0 aliphatic heterocycles. The van der Waals surface area contributed by atoms with Crippen molar-refractivity contribution in [2.75, 3.05) is 27.2 Å². The van der Waals surface area contributed by atoms with Crippen molar-refractivity contribution in [2.45, 2.75) is 37.8 Å². The lowest BCUT2D eigenvalue weighted by Crippen LogP contribution is -2.42. The van der Waals surface area contributed by atoms with Gasteiger partial charge in [0, 0.05) is 26.2 Å². The first-order valence-corrected chi connectivity index (χ1v) is 11.3. The molecule has 0 aromatic heterocycles. The van der Waals surface area contributed by atoms with Crippen LogP contribution in [0.5, 0.6) is 5.75 Å². The van der Waals surface area contributed by atoms with Gasteiger partial charge in [-0.15, -0.1) is 0 Å². The third-order valence-electron chi connectivity index (χ3n) is 4.15. The largest absolute Gasteiger partial charge is 0.492 e.